The van der Waals surface area contributed by atoms with E-state index in [1.807, 2.05) is 0 Å². The van der Waals surface area contributed by atoms with E-state index in [4.69, 9.17) is 11.6 Å². The van der Waals surface area contributed by atoms with Gasteiger partial charge < -0.3 is 5.43 Å². The molecule has 0 bridgehead atoms. The van der Waals surface area contributed by atoms with Crippen molar-refractivity contribution in [2.24, 2.45) is 0 Å². The van der Waals surface area contributed by atoms with Gasteiger partial charge in [-0.2, -0.15) is 13.2 Å². The van der Waals surface area contributed by atoms with Crippen molar-refractivity contribution in [2.45, 2.75) is 31.9 Å². The van der Waals surface area contributed by atoms with Crippen molar-refractivity contribution in [3.63, 3.8) is 0 Å². The summed E-state index contributed by atoms with van der Waals surface area (Å²) in [6.45, 7) is 0. The lowest BCUT2D eigenvalue weighted by Crippen LogP contribution is -2.39. The van der Waals surface area contributed by atoms with Gasteiger partial charge in [-0.1, -0.05) is 23.7 Å². The van der Waals surface area contributed by atoms with Crippen LogP contribution in [0, 0.1) is 0 Å². The molecular formula is C15H14ClF3N2O2. The predicted octanol–water partition coefficient (Wildman–Crippen LogP) is 3.53. The number of hydrogen-bond acceptors (Lipinski definition) is 3. The van der Waals surface area contributed by atoms with E-state index in [1.54, 1.807) is 12.1 Å². The minimum Gasteiger partial charge on any atom is -0.302 e. The van der Waals surface area contributed by atoms with E-state index >= 15 is 0 Å². The Morgan fingerprint density at radius 2 is 1.74 bits per heavy atom. The third-order valence-electron chi connectivity index (χ3n) is 3.44. The molecule has 1 aromatic rings. The lowest BCUT2D eigenvalue weighted by Gasteiger charge is -2.22. The first kappa shape index (κ1) is 17.3. The van der Waals surface area contributed by atoms with Gasteiger partial charge in [-0.05, 0) is 37.8 Å². The van der Waals surface area contributed by atoms with Crippen LogP contribution in [-0.4, -0.2) is 17.9 Å². The van der Waals surface area contributed by atoms with Gasteiger partial charge in [0.05, 0.1) is 10.6 Å². The highest BCUT2D eigenvalue weighted by molar-refractivity contribution is 6.33. The summed E-state index contributed by atoms with van der Waals surface area (Å²) < 4.78 is 37.8. The zero-order chi connectivity index (χ0) is 17.0. The summed E-state index contributed by atoms with van der Waals surface area (Å²) >= 11 is 5.88. The Hall–Kier alpha value is -2.02. The van der Waals surface area contributed by atoms with Crippen molar-refractivity contribution in [2.75, 3.05) is 0 Å². The lowest BCUT2D eigenvalue weighted by molar-refractivity contribution is -0.166. The van der Waals surface area contributed by atoms with Crippen molar-refractivity contribution in [3.05, 3.63) is 46.1 Å². The Kier molecular flexibility index (Phi) is 5.30. The summed E-state index contributed by atoms with van der Waals surface area (Å²) in [6, 6.07) is 6.26. The molecule has 8 heteroatoms. The Bertz CT molecular complexity index is 656. The number of hydrogen-bond donors (Lipinski definition) is 2. The van der Waals surface area contributed by atoms with Crippen molar-refractivity contribution in [1.29, 1.82) is 0 Å². The van der Waals surface area contributed by atoms with Gasteiger partial charge in [0, 0.05) is 11.3 Å². The largest absolute Gasteiger partial charge is 0.454 e. The molecule has 1 aromatic carbocycles. The maximum absolute atomic E-state index is 12.6. The lowest BCUT2D eigenvalue weighted by atomic mass is 9.93. The Morgan fingerprint density at radius 3 is 2.39 bits per heavy atom. The van der Waals surface area contributed by atoms with Gasteiger partial charge in [0.25, 0.3) is 11.7 Å². The highest BCUT2D eigenvalue weighted by Crippen LogP contribution is 2.30. The van der Waals surface area contributed by atoms with Crippen molar-refractivity contribution in [1.82, 2.24) is 10.9 Å². The van der Waals surface area contributed by atoms with Crippen LogP contribution in [0.5, 0.6) is 0 Å². The number of rotatable bonds is 4. The van der Waals surface area contributed by atoms with E-state index in [0.29, 0.717) is 12.8 Å². The van der Waals surface area contributed by atoms with E-state index in [0.717, 1.165) is 0 Å². The molecule has 0 aliphatic heterocycles. The van der Waals surface area contributed by atoms with Crippen LogP contribution in [-0.2, 0) is 4.79 Å². The first-order valence-corrected chi connectivity index (χ1v) is 7.33. The monoisotopic (exact) mass is 346 g/mol. The van der Waals surface area contributed by atoms with E-state index in [-0.39, 0.29) is 34.7 Å². The van der Waals surface area contributed by atoms with E-state index in [1.165, 1.54) is 12.1 Å². The molecular weight excluding hydrogens is 333 g/mol. The Morgan fingerprint density at radius 1 is 1.09 bits per heavy atom. The molecule has 124 valence electrons. The van der Waals surface area contributed by atoms with Crippen LogP contribution < -0.4 is 10.9 Å². The SMILES string of the molecule is O=C(NNC1=C(C(=O)C(F)(F)F)CCCC1)c1ccccc1Cl. The van der Waals surface area contributed by atoms with Gasteiger partial charge in [0.2, 0.25) is 0 Å². The Balaban J connectivity index is 2.13. The van der Waals surface area contributed by atoms with Crippen LogP contribution >= 0.6 is 11.6 Å². The van der Waals surface area contributed by atoms with Crippen LogP contribution in [0.2, 0.25) is 5.02 Å². The third-order valence-corrected chi connectivity index (χ3v) is 3.77. The fourth-order valence-electron chi connectivity index (χ4n) is 2.31. The maximum Gasteiger partial charge on any atom is 0.454 e. The molecule has 4 nitrogen and oxygen atoms in total. The van der Waals surface area contributed by atoms with Gasteiger partial charge in [0.1, 0.15) is 0 Å². The smallest absolute Gasteiger partial charge is 0.302 e. The van der Waals surface area contributed by atoms with Gasteiger partial charge in [-0.25, -0.2) is 0 Å². The molecule has 0 unspecified atom stereocenters. The second-order valence-corrected chi connectivity index (χ2v) is 5.46. The van der Waals surface area contributed by atoms with Gasteiger partial charge in [-0.15, -0.1) is 0 Å². The molecule has 0 atom stereocenters. The number of alkyl halides is 3. The van der Waals surface area contributed by atoms with E-state index in [9.17, 15) is 22.8 Å². The molecule has 0 saturated carbocycles. The van der Waals surface area contributed by atoms with E-state index < -0.39 is 17.9 Å². The highest BCUT2D eigenvalue weighted by atomic mass is 35.5. The molecule has 0 saturated heterocycles. The van der Waals surface area contributed by atoms with Crippen LogP contribution in [0.15, 0.2) is 35.5 Å². The molecule has 2 rings (SSSR count). The number of Topliss-reactive ketones (excluding diaryl/α,β-unsaturated/α-hetero) is 1. The zero-order valence-electron chi connectivity index (χ0n) is 12.0. The van der Waals surface area contributed by atoms with Gasteiger partial charge in [-0.3, -0.25) is 15.0 Å². The van der Waals surface area contributed by atoms with Crippen LogP contribution in [0.1, 0.15) is 36.0 Å². The number of benzene rings is 1. The standard InChI is InChI=1S/C15H14ClF3N2O2/c16-11-7-3-1-5-9(11)14(23)21-20-12-8-4-2-6-10(12)13(22)15(17,18)19/h1,3,5,7,20H,2,4,6,8H2,(H,21,23). The number of carbonyl (C=O) groups is 2. The third kappa shape index (κ3) is 4.25. The summed E-state index contributed by atoms with van der Waals surface area (Å²) in [5, 5.41) is 0.219. The molecule has 0 spiro atoms. The molecule has 0 heterocycles. The number of halogens is 4. The first-order chi connectivity index (χ1) is 10.8. The zero-order valence-corrected chi connectivity index (χ0v) is 12.7. The number of hydrazine groups is 1. The minimum atomic E-state index is -4.92. The fraction of sp³-hybridized carbons (Fsp3) is 0.333. The maximum atomic E-state index is 12.6. The number of amides is 1. The summed E-state index contributed by atoms with van der Waals surface area (Å²) in [6.07, 6.45) is -3.49. The molecule has 0 fully saturated rings. The topological polar surface area (TPSA) is 58.2 Å². The molecule has 1 aliphatic rings. The molecule has 0 aromatic heterocycles. The van der Waals surface area contributed by atoms with Gasteiger partial charge >= 0.3 is 6.18 Å². The van der Waals surface area contributed by atoms with Crippen molar-refractivity contribution < 1.29 is 22.8 Å². The number of nitrogens with one attached hydrogen (secondary N) is 2. The molecule has 23 heavy (non-hydrogen) atoms. The summed E-state index contributed by atoms with van der Waals surface area (Å²) in [5.74, 6) is -2.46. The normalized spacial score (nSPS) is 15.3. The second kappa shape index (κ2) is 7.04. The summed E-state index contributed by atoms with van der Waals surface area (Å²) in [5.41, 5.74) is 4.69. The number of ketones is 1. The fourth-order valence-corrected chi connectivity index (χ4v) is 2.53. The average Bonchev–Trinajstić information content (AvgIpc) is 2.51. The minimum absolute atomic E-state index is 0.0304. The summed E-state index contributed by atoms with van der Waals surface area (Å²) in [7, 11) is 0. The first-order valence-electron chi connectivity index (χ1n) is 6.95. The van der Waals surface area contributed by atoms with Crippen molar-refractivity contribution in [3.8, 4) is 0 Å². The van der Waals surface area contributed by atoms with Crippen LogP contribution in [0.4, 0.5) is 13.2 Å². The van der Waals surface area contributed by atoms with Crippen LogP contribution in [0.25, 0.3) is 0 Å². The predicted molar refractivity (Wildman–Crippen MR) is 78.6 cm³/mol. The van der Waals surface area contributed by atoms with Crippen molar-refractivity contribution >= 4 is 23.3 Å². The highest BCUT2D eigenvalue weighted by Gasteiger charge is 2.42. The number of allylic oxidation sites excluding steroid dienone is 2. The van der Waals surface area contributed by atoms with Gasteiger partial charge in [0.15, 0.2) is 0 Å². The molecule has 1 aliphatic carbocycles. The van der Waals surface area contributed by atoms with E-state index in [2.05, 4.69) is 10.9 Å². The number of carbonyl (C=O) groups excluding carboxylic acids is 2. The second-order valence-electron chi connectivity index (χ2n) is 5.05. The quantitative estimate of drug-likeness (QED) is 0.820. The molecule has 1 amide bonds. The molecule has 2 N–H and O–H groups in total. The summed E-state index contributed by atoms with van der Waals surface area (Å²) in [4.78, 5) is 23.4. The Labute approximate surface area is 135 Å². The van der Waals surface area contributed by atoms with Crippen LogP contribution in [0.3, 0.4) is 0 Å². The molecule has 0 radical (unpaired) electrons. The average molecular weight is 347 g/mol.